The Morgan fingerprint density at radius 3 is 2.42 bits per heavy atom. The predicted molar refractivity (Wildman–Crippen MR) is 96.7 cm³/mol. The van der Waals surface area contributed by atoms with Crippen LogP contribution in [0, 0.1) is 10.1 Å². The van der Waals surface area contributed by atoms with Gasteiger partial charge in [-0.05, 0) is 36.3 Å². The zero-order valence-corrected chi connectivity index (χ0v) is 14.5. The second-order valence-electron chi connectivity index (χ2n) is 5.38. The fourth-order valence-electron chi connectivity index (χ4n) is 2.19. The van der Waals surface area contributed by atoms with Crippen molar-refractivity contribution in [3.63, 3.8) is 0 Å². The maximum atomic E-state index is 11.8. The molecule has 3 N–H and O–H groups in total. The highest BCUT2D eigenvalue weighted by Crippen LogP contribution is 2.18. The average molecular weight is 375 g/mol. The lowest BCUT2D eigenvalue weighted by Crippen LogP contribution is -2.23. The van der Waals surface area contributed by atoms with Crippen LogP contribution in [0.3, 0.4) is 0 Å². The van der Waals surface area contributed by atoms with Crippen LogP contribution in [0.1, 0.15) is 11.1 Å². The van der Waals surface area contributed by atoms with Gasteiger partial charge in [0.2, 0.25) is 15.9 Å². The molecule has 0 heterocycles. The summed E-state index contributed by atoms with van der Waals surface area (Å²) in [4.78, 5) is 22.2. The number of carbonyl (C=O) groups excluding carboxylic acids is 1. The largest absolute Gasteiger partial charge is 0.352 e. The van der Waals surface area contributed by atoms with Crippen molar-refractivity contribution >= 4 is 27.7 Å². The van der Waals surface area contributed by atoms with Gasteiger partial charge in [0.25, 0.3) is 5.69 Å². The van der Waals surface area contributed by atoms with Crippen molar-refractivity contribution in [2.45, 2.75) is 11.3 Å². The molecular weight excluding hydrogens is 358 g/mol. The molecule has 0 saturated carbocycles. The Balaban J connectivity index is 1.89. The number of rotatable bonds is 7. The van der Waals surface area contributed by atoms with E-state index in [1.807, 2.05) is 0 Å². The van der Waals surface area contributed by atoms with Gasteiger partial charge in [-0.2, -0.15) is 0 Å². The summed E-state index contributed by atoms with van der Waals surface area (Å²) in [7, 11) is -3.72. The zero-order valence-electron chi connectivity index (χ0n) is 13.7. The lowest BCUT2D eigenvalue weighted by molar-refractivity contribution is -0.385. The first-order valence-corrected chi connectivity index (χ1v) is 9.13. The summed E-state index contributed by atoms with van der Waals surface area (Å²) in [5.74, 6) is -0.385. The Hall–Kier alpha value is -3.04. The zero-order chi connectivity index (χ0) is 19.2. The summed E-state index contributed by atoms with van der Waals surface area (Å²) in [6.45, 7) is 0.328. The number of para-hydroxylation sites is 1. The van der Waals surface area contributed by atoms with Gasteiger partial charge in [0.1, 0.15) is 0 Å². The number of amides is 1. The lowest BCUT2D eigenvalue weighted by Gasteiger charge is -2.04. The molecule has 0 aliphatic rings. The first-order chi connectivity index (χ1) is 12.3. The summed E-state index contributed by atoms with van der Waals surface area (Å²) in [5, 5.41) is 18.6. The Labute approximate surface area is 150 Å². The number of nitrogens with zero attached hydrogens (tertiary/aromatic N) is 1. The minimum Gasteiger partial charge on any atom is -0.352 e. The molecule has 0 aromatic heterocycles. The summed E-state index contributed by atoms with van der Waals surface area (Å²) in [6.07, 6.45) is 3.11. The molecule has 0 unspecified atom stereocenters. The number of nitrogens with two attached hydrogens (primary N) is 1. The van der Waals surface area contributed by atoms with E-state index in [4.69, 9.17) is 5.14 Å². The van der Waals surface area contributed by atoms with Crippen molar-refractivity contribution in [2.75, 3.05) is 6.54 Å². The van der Waals surface area contributed by atoms with Crippen LogP contribution in [0.4, 0.5) is 5.69 Å². The number of nitrogens with one attached hydrogen (secondary N) is 1. The third-order valence-electron chi connectivity index (χ3n) is 3.51. The standard InChI is InChI=1S/C17H17N3O5S/c18-26(24,25)15-8-5-13(6-9-15)11-12-19-17(21)10-7-14-3-1-2-4-16(14)20(22)23/h1-10H,11-12H2,(H,19,21)(H2,18,24,25)/b10-7-. The highest BCUT2D eigenvalue weighted by atomic mass is 32.2. The van der Waals surface area contributed by atoms with Crippen LogP contribution >= 0.6 is 0 Å². The topological polar surface area (TPSA) is 132 Å². The monoisotopic (exact) mass is 375 g/mol. The number of benzene rings is 2. The minimum atomic E-state index is -3.72. The summed E-state index contributed by atoms with van der Waals surface area (Å²) < 4.78 is 22.3. The van der Waals surface area contributed by atoms with Crippen LogP contribution in [-0.2, 0) is 21.2 Å². The normalized spacial score (nSPS) is 11.4. The fourth-order valence-corrected chi connectivity index (χ4v) is 2.71. The molecule has 2 aromatic rings. The molecule has 0 bridgehead atoms. The van der Waals surface area contributed by atoms with Crippen molar-refractivity contribution in [1.29, 1.82) is 0 Å². The molecule has 26 heavy (non-hydrogen) atoms. The van der Waals surface area contributed by atoms with E-state index in [-0.39, 0.29) is 16.5 Å². The van der Waals surface area contributed by atoms with Crippen LogP contribution in [0.2, 0.25) is 0 Å². The van der Waals surface area contributed by atoms with Crippen LogP contribution in [0.25, 0.3) is 6.08 Å². The van der Waals surface area contributed by atoms with Gasteiger partial charge in [0, 0.05) is 18.7 Å². The lowest BCUT2D eigenvalue weighted by atomic mass is 10.1. The maximum Gasteiger partial charge on any atom is 0.276 e. The molecule has 0 aliphatic heterocycles. The minimum absolute atomic E-state index is 0.0256. The van der Waals surface area contributed by atoms with E-state index in [2.05, 4.69) is 5.32 Å². The van der Waals surface area contributed by atoms with Crippen LogP contribution in [0.15, 0.2) is 59.5 Å². The van der Waals surface area contributed by atoms with Gasteiger partial charge in [0.15, 0.2) is 0 Å². The van der Waals surface area contributed by atoms with Gasteiger partial charge < -0.3 is 5.32 Å². The molecule has 1 amide bonds. The first-order valence-electron chi connectivity index (χ1n) is 7.58. The molecule has 0 aliphatic carbocycles. The number of hydrogen-bond donors (Lipinski definition) is 2. The number of primary sulfonamides is 1. The van der Waals surface area contributed by atoms with E-state index in [0.29, 0.717) is 18.5 Å². The Morgan fingerprint density at radius 1 is 1.15 bits per heavy atom. The Bertz CT molecular complexity index is 937. The first kappa shape index (κ1) is 19.3. The van der Waals surface area contributed by atoms with E-state index in [1.165, 1.54) is 30.4 Å². The third-order valence-corrected chi connectivity index (χ3v) is 4.44. The van der Waals surface area contributed by atoms with E-state index in [0.717, 1.165) is 5.56 Å². The van der Waals surface area contributed by atoms with Crippen LogP contribution < -0.4 is 10.5 Å². The molecule has 0 atom stereocenters. The van der Waals surface area contributed by atoms with Crippen molar-refractivity contribution < 1.29 is 18.1 Å². The number of sulfonamides is 1. The molecule has 0 saturated heterocycles. The van der Waals surface area contributed by atoms with E-state index < -0.39 is 14.9 Å². The van der Waals surface area contributed by atoms with Crippen molar-refractivity contribution in [3.8, 4) is 0 Å². The number of nitro benzene ring substituents is 1. The second-order valence-corrected chi connectivity index (χ2v) is 6.94. The van der Waals surface area contributed by atoms with E-state index in [1.54, 1.807) is 30.3 Å². The van der Waals surface area contributed by atoms with Gasteiger partial charge in [-0.25, -0.2) is 13.6 Å². The highest BCUT2D eigenvalue weighted by molar-refractivity contribution is 7.89. The van der Waals surface area contributed by atoms with Gasteiger partial charge in [-0.3, -0.25) is 14.9 Å². The van der Waals surface area contributed by atoms with Gasteiger partial charge in [0.05, 0.1) is 15.4 Å². The van der Waals surface area contributed by atoms with Crippen molar-refractivity contribution in [3.05, 3.63) is 75.8 Å². The molecule has 2 rings (SSSR count). The molecule has 0 spiro atoms. The summed E-state index contributed by atoms with van der Waals surface area (Å²) in [6, 6.07) is 12.2. The van der Waals surface area contributed by atoms with Crippen LogP contribution in [-0.4, -0.2) is 25.8 Å². The fraction of sp³-hybridized carbons (Fsp3) is 0.118. The Morgan fingerprint density at radius 2 is 1.81 bits per heavy atom. The number of nitro groups is 1. The molecule has 136 valence electrons. The van der Waals surface area contributed by atoms with Gasteiger partial charge in [-0.15, -0.1) is 0 Å². The third kappa shape index (κ3) is 5.50. The molecule has 9 heteroatoms. The van der Waals surface area contributed by atoms with E-state index in [9.17, 15) is 23.3 Å². The van der Waals surface area contributed by atoms with Crippen molar-refractivity contribution in [2.24, 2.45) is 5.14 Å². The average Bonchev–Trinajstić information content (AvgIpc) is 2.60. The maximum absolute atomic E-state index is 11.8. The SMILES string of the molecule is NS(=O)(=O)c1ccc(CCNC(=O)/C=C\c2ccccc2[N+](=O)[O-])cc1. The summed E-state index contributed by atoms with van der Waals surface area (Å²) >= 11 is 0. The summed E-state index contributed by atoms with van der Waals surface area (Å²) in [5.41, 5.74) is 1.10. The smallest absolute Gasteiger partial charge is 0.276 e. The van der Waals surface area contributed by atoms with E-state index >= 15 is 0 Å². The molecular formula is C17H17N3O5S. The quantitative estimate of drug-likeness (QED) is 0.431. The van der Waals surface area contributed by atoms with Gasteiger partial charge in [-0.1, -0.05) is 24.3 Å². The van der Waals surface area contributed by atoms with Gasteiger partial charge >= 0.3 is 0 Å². The number of carbonyl (C=O) groups is 1. The second kappa shape index (κ2) is 8.37. The predicted octanol–water partition coefficient (Wildman–Crippen LogP) is 1.61. The highest BCUT2D eigenvalue weighted by Gasteiger charge is 2.10. The van der Waals surface area contributed by atoms with Crippen molar-refractivity contribution in [1.82, 2.24) is 5.32 Å². The Kier molecular flexibility index (Phi) is 6.21. The number of hydrogen-bond acceptors (Lipinski definition) is 5. The molecule has 0 fully saturated rings. The molecule has 8 nitrogen and oxygen atoms in total. The van der Waals surface area contributed by atoms with Crippen LogP contribution in [0.5, 0.6) is 0 Å². The molecule has 0 radical (unpaired) electrons. The molecule has 2 aromatic carbocycles.